The minimum atomic E-state index is -2.38. The zero-order valence-electron chi connectivity index (χ0n) is 18.2. The molecule has 2 aliphatic heterocycles. The number of likely N-dealkylation sites (tertiary alicyclic amines) is 1. The number of carbonyl (C=O) groups is 3. The number of carboxylic acid groups (broad SMARTS) is 2. The average molecular weight is 464 g/mol. The summed E-state index contributed by atoms with van der Waals surface area (Å²) in [6, 6.07) is 4.05. The summed E-state index contributed by atoms with van der Waals surface area (Å²) in [5, 5.41) is 45.9. The number of hydrogen-bond acceptors (Lipinski definition) is 10. The zero-order chi connectivity index (χ0) is 24.3. The Hall–Kier alpha value is -2.73. The Balaban J connectivity index is 0.000000223. The van der Waals surface area contributed by atoms with Gasteiger partial charge in [-0.15, -0.1) is 0 Å². The molecule has 2 heterocycles. The van der Waals surface area contributed by atoms with Gasteiger partial charge in [0.2, 0.25) is 0 Å². The smallest absolute Gasteiger partial charge is 0.335 e. The van der Waals surface area contributed by atoms with E-state index in [-0.39, 0.29) is 11.8 Å². The summed E-state index contributed by atoms with van der Waals surface area (Å²) >= 11 is 0. The number of carbonyl (C=O) groups excluding carboxylic acids is 2. The second-order valence-corrected chi connectivity index (χ2v) is 8.99. The maximum absolute atomic E-state index is 12.7. The number of ether oxygens (including phenoxy) is 2. The van der Waals surface area contributed by atoms with Gasteiger partial charge in [0, 0.05) is 18.0 Å². The number of methoxy groups -OCH3 is 1. The molecule has 2 unspecified atom stereocenters. The molecule has 0 radical (unpaired) electrons. The van der Waals surface area contributed by atoms with Gasteiger partial charge in [-0.3, -0.25) is 4.79 Å². The van der Waals surface area contributed by atoms with Gasteiger partial charge >= 0.3 is 5.97 Å². The number of likely N-dealkylation sites (N-methyl/N-ethyl adjacent to an activating group) is 1. The number of hydrogen-bond donors (Lipinski definition) is 4. The highest BCUT2D eigenvalue weighted by Crippen LogP contribution is 2.64. The van der Waals surface area contributed by atoms with E-state index < -0.39 is 41.3 Å². The molecule has 2 fully saturated rings. The van der Waals surface area contributed by atoms with E-state index in [1.54, 1.807) is 7.11 Å². The molecule has 11 nitrogen and oxygen atoms in total. The lowest BCUT2D eigenvalue weighted by atomic mass is 9.49. The molecular formula is C22H26NO10-. The summed E-state index contributed by atoms with van der Waals surface area (Å²) in [7, 11) is 3.70. The monoisotopic (exact) mass is 464 g/mol. The number of rotatable bonds is 4. The van der Waals surface area contributed by atoms with E-state index in [4.69, 9.17) is 24.8 Å². The van der Waals surface area contributed by atoms with Crippen LogP contribution in [0.3, 0.4) is 0 Å². The zero-order valence-corrected chi connectivity index (χ0v) is 18.2. The number of ketones is 1. The van der Waals surface area contributed by atoms with Crippen LogP contribution in [0.15, 0.2) is 12.1 Å². The maximum Gasteiger partial charge on any atom is 0.335 e. The Bertz CT molecular complexity index is 993. The first kappa shape index (κ1) is 23.4. The minimum absolute atomic E-state index is 0.0438. The summed E-state index contributed by atoms with van der Waals surface area (Å²) in [5.41, 5.74) is 0.737. The van der Waals surface area contributed by atoms with Crippen molar-refractivity contribution in [2.24, 2.45) is 0 Å². The molecule has 1 aromatic carbocycles. The normalized spacial score (nSPS) is 33.1. The van der Waals surface area contributed by atoms with E-state index in [0.717, 1.165) is 24.9 Å². The van der Waals surface area contributed by atoms with Gasteiger partial charge in [-0.2, -0.15) is 0 Å². The number of aliphatic hydroxyl groups excluding tert-OH is 2. The molecule has 1 saturated carbocycles. The van der Waals surface area contributed by atoms with Gasteiger partial charge in [-0.25, -0.2) is 4.79 Å². The number of nitrogens with zero attached hydrogens (tertiary/aromatic N) is 1. The van der Waals surface area contributed by atoms with Gasteiger partial charge in [0.25, 0.3) is 0 Å². The summed E-state index contributed by atoms with van der Waals surface area (Å²) in [6.45, 7) is 0.871. The third kappa shape index (κ3) is 3.14. The van der Waals surface area contributed by atoms with Crippen LogP contribution in [-0.2, 0) is 26.2 Å². The first-order chi connectivity index (χ1) is 15.5. The maximum atomic E-state index is 12.7. The van der Waals surface area contributed by atoms with Crippen molar-refractivity contribution in [3.05, 3.63) is 23.3 Å². The highest BCUT2D eigenvalue weighted by molar-refractivity contribution is 5.90. The van der Waals surface area contributed by atoms with Gasteiger partial charge in [0.1, 0.15) is 6.10 Å². The Kier molecular flexibility index (Phi) is 5.64. The summed E-state index contributed by atoms with van der Waals surface area (Å²) in [6.07, 6.45) is -2.81. The second kappa shape index (κ2) is 7.94. The van der Waals surface area contributed by atoms with Crippen LogP contribution >= 0.6 is 0 Å². The van der Waals surface area contributed by atoms with Crippen molar-refractivity contribution >= 4 is 17.7 Å². The fraction of sp³-hybridized carbons (Fsp3) is 0.591. The first-order valence-electron chi connectivity index (χ1n) is 10.6. The van der Waals surface area contributed by atoms with Crippen LogP contribution < -0.4 is 14.6 Å². The van der Waals surface area contributed by atoms with E-state index in [2.05, 4.69) is 18.0 Å². The van der Waals surface area contributed by atoms with Gasteiger partial charge in [0.15, 0.2) is 29.5 Å². The number of benzene rings is 1. The van der Waals surface area contributed by atoms with Gasteiger partial charge in [-0.05, 0) is 44.5 Å². The molecule has 11 heteroatoms. The van der Waals surface area contributed by atoms with Gasteiger partial charge < -0.3 is 44.7 Å². The molecule has 33 heavy (non-hydrogen) atoms. The van der Waals surface area contributed by atoms with Gasteiger partial charge in [0.05, 0.1) is 24.1 Å². The molecule has 2 bridgehead atoms. The molecule has 5 rings (SSSR count). The summed E-state index contributed by atoms with van der Waals surface area (Å²) in [4.78, 5) is 34.3. The third-order valence-electron chi connectivity index (χ3n) is 7.52. The number of piperidine rings is 1. The van der Waals surface area contributed by atoms with Crippen LogP contribution in [0, 0.1) is 0 Å². The van der Waals surface area contributed by atoms with E-state index in [1.165, 1.54) is 5.56 Å². The minimum Gasteiger partial charge on any atom is -0.547 e. The molecule has 180 valence electrons. The Labute approximate surface area is 189 Å². The molecule has 0 aromatic heterocycles. The molecule has 6 atom stereocenters. The van der Waals surface area contributed by atoms with Crippen molar-refractivity contribution < 1.29 is 49.4 Å². The first-order valence-corrected chi connectivity index (χ1v) is 10.6. The van der Waals surface area contributed by atoms with Crippen molar-refractivity contribution in [1.29, 1.82) is 0 Å². The van der Waals surface area contributed by atoms with Crippen LogP contribution in [0.25, 0.3) is 0 Å². The lowest BCUT2D eigenvalue weighted by molar-refractivity contribution is -0.318. The Morgan fingerprint density at radius 2 is 1.97 bits per heavy atom. The summed E-state index contributed by atoms with van der Waals surface area (Å²) < 4.78 is 11.6. The van der Waals surface area contributed by atoms with Crippen LogP contribution in [-0.4, -0.2) is 93.7 Å². The number of aliphatic carboxylic acids is 2. The molecule has 1 spiro atoms. The van der Waals surface area contributed by atoms with Gasteiger partial charge in [-0.1, -0.05) is 6.07 Å². The highest BCUT2D eigenvalue weighted by Gasteiger charge is 2.72. The molecule has 2 aliphatic carbocycles. The fourth-order valence-corrected chi connectivity index (χ4v) is 5.95. The lowest BCUT2D eigenvalue weighted by Gasteiger charge is -2.62. The molecule has 1 aromatic rings. The topological polar surface area (TPSA) is 177 Å². The molecule has 1 saturated heterocycles. The van der Waals surface area contributed by atoms with Crippen LogP contribution in [0.4, 0.5) is 0 Å². The Morgan fingerprint density at radius 3 is 2.55 bits per heavy atom. The van der Waals surface area contributed by atoms with E-state index in [0.29, 0.717) is 24.3 Å². The van der Waals surface area contributed by atoms with E-state index >= 15 is 0 Å². The van der Waals surface area contributed by atoms with Crippen molar-refractivity contribution in [1.82, 2.24) is 4.90 Å². The van der Waals surface area contributed by atoms with Crippen LogP contribution in [0.5, 0.6) is 11.5 Å². The third-order valence-corrected chi connectivity index (χ3v) is 7.52. The SMILES string of the molecule is COc1ccc2c3c1O[C@H]1C(=O)CC[C@@]4(O)[C@@H](C2)N(C)CC[C@]314.O=C([O-])C(O)C(O)C(=O)O. The summed E-state index contributed by atoms with van der Waals surface area (Å²) in [5.74, 6) is -2.36. The largest absolute Gasteiger partial charge is 0.547 e. The number of carboxylic acids is 2. The van der Waals surface area contributed by atoms with Crippen molar-refractivity contribution in [3.63, 3.8) is 0 Å². The molecular weight excluding hydrogens is 438 g/mol. The predicted molar refractivity (Wildman–Crippen MR) is 108 cm³/mol. The van der Waals surface area contributed by atoms with Crippen LogP contribution in [0.1, 0.15) is 30.4 Å². The number of Topliss-reactive ketones (excluding diaryl/α,β-unsaturated/α-hetero) is 1. The predicted octanol–water partition coefficient (Wildman–Crippen LogP) is -2.41. The molecule has 4 aliphatic rings. The standard InChI is InChI=1S/C18H21NO4.C4H6O6/c1-19-8-7-17-14-10-3-4-12(22-2)15(14)23-16(17)11(20)5-6-18(17,21)13(19)9-10;5-1(3(7)8)2(6)4(9)10/h3-4,13,16,21H,5-9H2,1-2H3;1-2,5-6H,(H,7,8)(H,9,10)/p-1/t13-,16+,17+,18-;/m1./s1. The quantitative estimate of drug-likeness (QED) is 0.373. The van der Waals surface area contributed by atoms with Crippen LogP contribution in [0.2, 0.25) is 0 Å². The average Bonchev–Trinajstić information content (AvgIpc) is 3.14. The van der Waals surface area contributed by atoms with E-state index in [1.807, 2.05) is 6.07 Å². The van der Waals surface area contributed by atoms with E-state index in [9.17, 15) is 24.6 Å². The second-order valence-electron chi connectivity index (χ2n) is 8.99. The highest BCUT2D eigenvalue weighted by atomic mass is 16.5. The molecule has 0 amide bonds. The molecule has 4 N–H and O–H groups in total. The Morgan fingerprint density at radius 1 is 1.27 bits per heavy atom. The van der Waals surface area contributed by atoms with Crippen molar-refractivity contribution in [3.8, 4) is 11.5 Å². The van der Waals surface area contributed by atoms with Crippen molar-refractivity contribution in [2.75, 3.05) is 20.7 Å². The number of aliphatic hydroxyl groups is 3. The lowest BCUT2D eigenvalue weighted by Crippen LogP contribution is -2.76. The van der Waals surface area contributed by atoms with Crippen molar-refractivity contribution in [2.45, 2.75) is 61.1 Å². The fourth-order valence-electron chi connectivity index (χ4n) is 5.95.